The molecular weight excluding hydrogens is 447 g/mol. The van der Waals surface area contributed by atoms with Crippen molar-refractivity contribution in [2.75, 3.05) is 26.0 Å². The highest BCUT2D eigenvalue weighted by Gasteiger charge is 2.42. The molecule has 1 unspecified atom stereocenters. The Morgan fingerprint density at radius 2 is 2.00 bits per heavy atom. The maximum absolute atomic E-state index is 13.4. The number of rotatable bonds is 7. The maximum Gasteiger partial charge on any atom is 0.573 e. The molecule has 2 aromatic rings. The van der Waals surface area contributed by atoms with Crippen molar-refractivity contribution in [2.24, 2.45) is 5.92 Å². The van der Waals surface area contributed by atoms with Crippen molar-refractivity contribution in [1.29, 1.82) is 0 Å². The smallest absolute Gasteiger partial charge is 0.406 e. The van der Waals surface area contributed by atoms with Crippen LogP contribution in [-0.4, -0.2) is 70.8 Å². The van der Waals surface area contributed by atoms with E-state index in [2.05, 4.69) is 45.9 Å². The van der Waals surface area contributed by atoms with E-state index in [1.54, 1.807) is 0 Å². The van der Waals surface area contributed by atoms with Gasteiger partial charge in [0.25, 0.3) is 0 Å². The van der Waals surface area contributed by atoms with Crippen LogP contribution in [0.4, 0.5) is 19.0 Å². The molecule has 1 aliphatic carbocycles. The van der Waals surface area contributed by atoms with E-state index in [0.29, 0.717) is 41.6 Å². The van der Waals surface area contributed by atoms with Crippen LogP contribution in [-0.2, 0) is 4.79 Å². The van der Waals surface area contributed by atoms with Crippen LogP contribution in [0.5, 0.6) is 5.75 Å². The number of nitrogens with zero attached hydrogens (tertiary/aromatic N) is 4. The van der Waals surface area contributed by atoms with Gasteiger partial charge in [0.1, 0.15) is 23.9 Å². The zero-order valence-corrected chi connectivity index (χ0v) is 19.8. The van der Waals surface area contributed by atoms with Gasteiger partial charge in [0.2, 0.25) is 5.91 Å². The van der Waals surface area contributed by atoms with Crippen molar-refractivity contribution < 1.29 is 22.7 Å². The fraction of sp³-hybridized carbons (Fsp3) is 0.625. The minimum Gasteiger partial charge on any atom is -0.406 e. The number of hydrogen-bond acceptors (Lipinski definition) is 6. The summed E-state index contributed by atoms with van der Waals surface area (Å²) in [4.78, 5) is 26.0. The Hall–Kier alpha value is -2.62. The number of fused-ring (bicyclic) bond motifs is 1. The molecule has 4 atom stereocenters. The van der Waals surface area contributed by atoms with Crippen molar-refractivity contribution in [1.82, 2.24) is 19.8 Å². The predicted octanol–water partition coefficient (Wildman–Crippen LogP) is 4.44. The fourth-order valence-corrected chi connectivity index (χ4v) is 5.46. The number of halogens is 3. The zero-order valence-electron chi connectivity index (χ0n) is 19.8. The van der Waals surface area contributed by atoms with Crippen LogP contribution in [0, 0.1) is 5.92 Å². The van der Waals surface area contributed by atoms with Gasteiger partial charge in [0.15, 0.2) is 0 Å². The van der Waals surface area contributed by atoms with E-state index in [1.165, 1.54) is 24.5 Å². The summed E-state index contributed by atoms with van der Waals surface area (Å²) in [5, 5.41) is 3.56. The fourth-order valence-electron chi connectivity index (χ4n) is 5.46. The number of likely N-dealkylation sites (tertiary alicyclic amines) is 1. The lowest BCUT2D eigenvalue weighted by Crippen LogP contribution is -2.49. The normalized spacial score (nSPS) is 25.9. The van der Waals surface area contributed by atoms with E-state index in [1.807, 2.05) is 4.90 Å². The Labute approximate surface area is 197 Å². The summed E-state index contributed by atoms with van der Waals surface area (Å²) in [7, 11) is 4.23. The van der Waals surface area contributed by atoms with Crippen LogP contribution in [0.25, 0.3) is 10.9 Å². The van der Waals surface area contributed by atoms with Crippen molar-refractivity contribution in [3.63, 3.8) is 0 Å². The number of alkyl halides is 3. The Morgan fingerprint density at radius 3 is 2.71 bits per heavy atom. The van der Waals surface area contributed by atoms with Crippen molar-refractivity contribution in [2.45, 2.75) is 69.9 Å². The third-order valence-corrected chi connectivity index (χ3v) is 7.10. The molecule has 7 nitrogen and oxygen atoms in total. The molecular formula is C24H32F3N5O2. The molecule has 1 saturated heterocycles. The average molecular weight is 480 g/mol. The monoisotopic (exact) mass is 479 g/mol. The Bertz CT molecular complexity index is 1020. The third-order valence-electron chi connectivity index (χ3n) is 7.10. The summed E-state index contributed by atoms with van der Waals surface area (Å²) < 4.78 is 42.1. The van der Waals surface area contributed by atoms with Gasteiger partial charge >= 0.3 is 6.36 Å². The number of carbonyl (C=O) groups excluding carboxylic acids is 1. The number of amides is 1. The highest BCUT2D eigenvalue weighted by Crippen LogP contribution is 2.36. The Balaban J connectivity index is 1.50. The van der Waals surface area contributed by atoms with Crippen LogP contribution >= 0.6 is 0 Å². The quantitative estimate of drug-likeness (QED) is 0.633. The van der Waals surface area contributed by atoms with Gasteiger partial charge in [0.05, 0.1) is 5.52 Å². The second kappa shape index (κ2) is 9.93. The molecule has 2 aliphatic rings. The zero-order chi connectivity index (χ0) is 24.5. The molecule has 4 rings (SSSR count). The van der Waals surface area contributed by atoms with Crippen LogP contribution in [0.3, 0.4) is 0 Å². The molecule has 1 saturated carbocycles. The summed E-state index contributed by atoms with van der Waals surface area (Å²) in [6, 6.07) is 4.21. The number of hydrogen-bond donors (Lipinski definition) is 1. The van der Waals surface area contributed by atoms with Gasteiger partial charge in [-0.2, -0.15) is 0 Å². The lowest BCUT2D eigenvalue weighted by molar-refractivity contribution is -0.274. The minimum atomic E-state index is -4.79. The van der Waals surface area contributed by atoms with Crippen LogP contribution in [0.15, 0.2) is 24.5 Å². The van der Waals surface area contributed by atoms with Gasteiger partial charge in [-0.05, 0) is 70.3 Å². The van der Waals surface area contributed by atoms with Crippen LogP contribution < -0.4 is 10.1 Å². The highest BCUT2D eigenvalue weighted by molar-refractivity contribution is 5.93. The molecule has 186 valence electrons. The van der Waals surface area contributed by atoms with Gasteiger partial charge in [0, 0.05) is 24.0 Å². The lowest BCUT2D eigenvalue weighted by Gasteiger charge is -2.43. The molecule has 0 radical (unpaired) electrons. The SMILES string of the molecule is CCC[C@@H]1C[C@H](N(C)C)CC[C@@H]1N1CCC(Nc2ncnc3ccc(OC(F)(F)F)cc23)C1=O. The topological polar surface area (TPSA) is 70.6 Å². The van der Waals surface area contributed by atoms with E-state index >= 15 is 0 Å². The number of nitrogens with one attached hydrogen (secondary N) is 1. The van der Waals surface area contributed by atoms with Crippen molar-refractivity contribution in [3.8, 4) is 5.75 Å². The molecule has 0 spiro atoms. The Kier molecular flexibility index (Phi) is 7.16. The molecule has 1 N–H and O–H groups in total. The first-order valence-electron chi connectivity index (χ1n) is 11.9. The number of ether oxygens (including phenoxy) is 1. The molecule has 1 aliphatic heterocycles. The Morgan fingerprint density at radius 1 is 1.21 bits per heavy atom. The number of aromatic nitrogens is 2. The van der Waals surface area contributed by atoms with Crippen LogP contribution in [0.1, 0.15) is 45.4 Å². The summed E-state index contributed by atoms with van der Waals surface area (Å²) in [6.45, 7) is 2.85. The summed E-state index contributed by atoms with van der Waals surface area (Å²) in [6.07, 6.45) is 2.49. The molecule has 1 amide bonds. The standard InChI is InChI=1S/C24H32F3N5O2/c1-4-5-15-12-16(31(2)3)6-9-21(15)32-11-10-20(23(32)33)30-22-18-13-17(34-24(25,26)27)7-8-19(18)28-14-29-22/h7-8,13-16,20-21H,4-6,9-12H2,1-3H3,(H,28,29,30)/t15-,16-,20?,21+/m1/s1. The van der Waals surface area contributed by atoms with Crippen molar-refractivity contribution in [3.05, 3.63) is 24.5 Å². The molecule has 1 aromatic carbocycles. The summed E-state index contributed by atoms with van der Waals surface area (Å²) in [5.41, 5.74) is 0.472. The molecule has 0 bridgehead atoms. The lowest BCUT2D eigenvalue weighted by atomic mass is 9.78. The first-order valence-corrected chi connectivity index (χ1v) is 11.9. The first kappa shape index (κ1) is 24.5. The van der Waals surface area contributed by atoms with Gasteiger partial charge in [-0.25, -0.2) is 9.97 Å². The molecule has 34 heavy (non-hydrogen) atoms. The maximum atomic E-state index is 13.4. The van der Waals surface area contributed by atoms with Gasteiger partial charge in [-0.1, -0.05) is 13.3 Å². The van der Waals surface area contributed by atoms with Gasteiger partial charge in [-0.15, -0.1) is 13.2 Å². The van der Waals surface area contributed by atoms with Crippen LogP contribution in [0.2, 0.25) is 0 Å². The van der Waals surface area contributed by atoms with Crippen molar-refractivity contribution >= 4 is 22.6 Å². The van der Waals surface area contributed by atoms with E-state index in [9.17, 15) is 18.0 Å². The number of benzene rings is 1. The summed E-state index contributed by atoms with van der Waals surface area (Å²) >= 11 is 0. The molecule has 2 heterocycles. The van der Waals surface area contributed by atoms with E-state index in [-0.39, 0.29) is 17.7 Å². The largest absolute Gasteiger partial charge is 0.573 e. The number of carbonyl (C=O) groups is 1. The first-order chi connectivity index (χ1) is 16.2. The van der Waals surface area contributed by atoms with E-state index in [0.717, 1.165) is 32.1 Å². The minimum absolute atomic E-state index is 0.0314. The second-order valence-corrected chi connectivity index (χ2v) is 9.51. The average Bonchev–Trinajstić information content (AvgIpc) is 3.13. The predicted molar refractivity (Wildman–Crippen MR) is 123 cm³/mol. The van der Waals surface area contributed by atoms with Gasteiger partial charge < -0.3 is 19.9 Å². The molecule has 2 fully saturated rings. The number of anilines is 1. The molecule has 10 heteroatoms. The van der Waals surface area contributed by atoms with E-state index in [4.69, 9.17) is 0 Å². The molecule has 1 aromatic heterocycles. The van der Waals surface area contributed by atoms with E-state index < -0.39 is 12.4 Å². The summed E-state index contributed by atoms with van der Waals surface area (Å²) in [5.74, 6) is 0.483. The van der Waals surface area contributed by atoms with Gasteiger partial charge in [-0.3, -0.25) is 4.79 Å². The third kappa shape index (κ3) is 5.37. The second-order valence-electron chi connectivity index (χ2n) is 9.51. The highest BCUT2D eigenvalue weighted by atomic mass is 19.4.